The lowest BCUT2D eigenvalue weighted by Crippen LogP contribution is -2.46. The fourth-order valence-electron chi connectivity index (χ4n) is 2.07. The summed E-state index contributed by atoms with van der Waals surface area (Å²) in [7, 11) is 1.64. The van der Waals surface area contributed by atoms with Crippen molar-refractivity contribution in [1.29, 1.82) is 0 Å². The van der Waals surface area contributed by atoms with Crippen LogP contribution >= 0.6 is 11.3 Å². The van der Waals surface area contributed by atoms with Crippen molar-refractivity contribution < 1.29 is 14.3 Å². The van der Waals surface area contributed by atoms with Gasteiger partial charge in [-0.3, -0.25) is 4.79 Å². The molecule has 0 unspecified atom stereocenters. The third kappa shape index (κ3) is 3.56. The molecule has 0 radical (unpaired) electrons. The van der Waals surface area contributed by atoms with E-state index in [4.69, 9.17) is 9.47 Å². The number of ether oxygens (including phenoxy) is 2. The molecule has 1 aliphatic heterocycles. The summed E-state index contributed by atoms with van der Waals surface area (Å²) >= 11 is 1.48. The van der Waals surface area contributed by atoms with Crippen LogP contribution in [0.25, 0.3) is 0 Å². The average molecular weight is 298 g/mol. The van der Waals surface area contributed by atoms with Crippen LogP contribution in [0.2, 0.25) is 0 Å². The second-order valence-electron chi connectivity index (χ2n) is 5.98. The van der Waals surface area contributed by atoms with Gasteiger partial charge < -0.3 is 14.4 Å². The number of hydrogen-bond donors (Lipinski definition) is 0. The van der Waals surface area contributed by atoms with Crippen molar-refractivity contribution in [3.05, 3.63) is 16.1 Å². The summed E-state index contributed by atoms with van der Waals surface area (Å²) in [5.41, 5.74) is -0.0210. The molecule has 2 heterocycles. The molecule has 112 valence electrons. The normalized spacial score (nSPS) is 20.2. The van der Waals surface area contributed by atoms with Crippen molar-refractivity contribution >= 4 is 17.2 Å². The fraction of sp³-hybridized carbons (Fsp3) is 0.714. The van der Waals surface area contributed by atoms with Gasteiger partial charge in [-0.05, 0) is 0 Å². The lowest BCUT2D eigenvalue weighted by Gasteiger charge is -2.32. The van der Waals surface area contributed by atoms with Crippen molar-refractivity contribution in [2.45, 2.75) is 32.3 Å². The molecule has 0 aromatic carbocycles. The largest absolute Gasteiger partial charge is 0.382 e. The molecule has 0 N–H and O–H groups in total. The number of nitrogens with zero attached hydrogens (tertiary/aromatic N) is 2. The number of morpholine rings is 1. The van der Waals surface area contributed by atoms with Crippen LogP contribution in [-0.2, 0) is 14.9 Å². The highest BCUT2D eigenvalue weighted by Gasteiger charge is 2.27. The van der Waals surface area contributed by atoms with Gasteiger partial charge in [-0.1, -0.05) is 20.8 Å². The molecule has 0 bridgehead atoms. The van der Waals surface area contributed by atoms with Crippen LogP contribution in [-0.4, -0.2) is 55.3 Å². The Kier molecular flexibility index (Phi) is 4.78. The van der Waals surface area contributed by atoms with Gasteiger partial charge in [0.2, 0.25) is 0 Å². The molecule has 1 amide bonds. The Morgan fingerprint density at radius 1 is 1.60 bits per heavy atom. The van der Waals surface area contributed by atoms with Crippen molar-refractivity contribution in [2.75, 3.05) is 33.4 Å². The molecule has 1 saturated heterocycles. The topological polar surface area (TPSA) is 51.7 Å². The van der Waals surface area contributed by atoms with E-state index in [9.17, 15) is 4.79 Å². The second-order valence-corrected chi connectivity index (χ2v) is 7.01. The molecule has 1 aliphatic rings. The number of carbonyl (C=O) groups is 1. The van der Waals surface area contributed by atoms with Crippen molar-refractivity contribution in [3.8, 4) is 0 Å². The molecular formula is C14H22N2O3S. The predicted molar refractivity (Wildman–Crippen MR) is 78.3 cm³/mol. The van der Waals surface area contributed by atoms with E-state index >= 15 is 0 Å². The van der Waals surface area contributed by atoms with E-state index in [0.29, 0.717) is 31.2 Å². The van der Waals surface area contributed by atoms with Gasteiger partial charge in [0, 0.05) is 25.6 Å². The van der Waals surface area contributed by atoms with Gasteiger partial charge in [-0.15, -0.1) is 11.3 Å². The first-order valence-electron chi connectivity index (χ1n) is 6.78. The molecule has 0 spiro atoms. The maximum Gasteiger partial charge on any atom is 0.265 e. The van der Waals surface area contributed by atoms with Gasteiger partial charge in [0.25, 0.3) is 5.91 Å². The van der Waals surface area contributed by atoms with Crippen LogP contribution in [0.15, 0.2) is 6.20 Å². The quantitative estimate of drug-likeness (QED) is 0.855. The third-order valence-corrected chi connectivity index (χ3v) is 4.55. The first-order valence-corrected chi connectivity index (χ1v) is 7.59. The Morgan fingerprint density at radius 2 is 2.35 bits per heavy atom. The standard InChI is InChI=1S/C14H22N2O3S/c1-14(2,3)13-15-7-11(20-13)12(17)16-5-6-19-10(8-16)9-18-4/h7,10H,5-6,8-9H2,1-4H3/t10-/m0/s1. The molecule has 1 aromatic rings. The first-order chi connectivity index (χ1) is 9.41. The van der Waals surface area contributed by atoms with E-state index in [1.165, 1.54) is 11.3 Å². The van der Waals surface area contributed by atoms with Crippen LogP contribution in [0.4, 0.5) is 0 Å². The number of hydrogen-bond acceptors (Lipinski definition) is 5. The number of methoxy groups -OCH3 is 1. The summed E-state index contributed by atoms with van der Waals surface area (Å²) < 4.78 is 10.7. The second kappa shape index (κ2) is 6.20. The summed E-state index contributed by atoms with van der Waals surface area (Å²) in [5.74, 6) is 0.0439. The van der Waals surface area contributed by atoms with Gasteiger partial charge in [0.15, 0.2) is 0 Å². The lowest BCUT2D eigenvalue weighted by atomic mass is 9.98. The summed E-state index contributed by atoms with van der Waals surface area (Å²) in [4.78, 5) is 19.4. The Hall–Kier alpha value is -0.980. The third-order valence-electron chi connectivity index (χ3n) is 3.14. The highest BCUT2D eigenvalue weighted by Crippen LogP contribution is 2.27. The number of aromatic nitrogens is 1. The van der Waals surface area contributed by atoms with Crippen LogP contribution < -0.4 is 0 Å². The van der Waals surface area contributed by atoms with E-state index in [1.807, 2.05) is 4.90 Å². The highest BCUT2D eigenvalue weighted by molar-refractivity contribution is 7.13. The Balaban J connectivity index is 2.05. The Bertz CT molecular complexity index is 465. The molecule has 1 fully saturated rings. The van der Waals surface area contributed by atoms with Gasteiger partial charge >= 0.3 is 0 Å². The van der Waals surface area contributed by atoms with Gasteiger partial charge in [0.05, 0.1) is 30.5 Å². The SMILES string of the molecule is COC[C@@H]1CN(C(=O)c2cnc(C(C)(C)C)s2)CCO1. The number of amides is 1. The Labute approximate surface area is 123 Å². The molecule has 0 aliphatic carbocycles. The Morgan fingerprint density at radius 3 is 2.95 bits per heavy atom. The predicted octanol–water partition coefficient (Wildman–Crippen LogP) is 1.93. The van der Waals surface area contributed by atoms with E-state index in [1.54, 1.807) is 13.3 Å². The summed E-state index contributed by atoms with van der Waals surface area (Å²) in [5, 5.41) is 0.988. The smallest absolute Gasteiger partial charge is 0.265 e. The molecule has 6 heteroatoms. The van der Waals surface area contributed by atoms with Crippen LogP contribution in [0.5, 0.6) is 0 Å². The average Bonchev–Trinajstić information content (AvgIpc) is 2.88. The zero-order valence-electron chi connectivity index (χ0n) is 12.5. The molecule has 0 saturated carbocycles. The number of carbonyl (C=O) groups excluding carboxylic acids is 1. The van der Waals surface area contributed by atoms with Crippen LogP contribution in [0, 0.1) is 0 Å². The molecular weight excluding hydrogens is 276 g/mol. The van der Waals surface area contributed by atoms with Gasteiger partial charge in [-0.2, -0.15) is 0 Å². The lowest BCUT2D eigenvalue weighted by molar-refractivity contribution is -0.0530. The molecule has 1 atom stereocenters. The minimum absolute atomic E-state index is 0.0210. The van der Waals surface area contributed by atoms with Crippen LogP contribution in [0.3, 0.4) is 0 Å². The van der Waals surface area contributed by atoms with Crippen molar-refractivity contribution in [3.63, 3.8) is 0 Å². The van der Waals surface area contributed by atoms with E-state index in [2.05, 4.69) is 25.8 Å². The van der Waals surface area contributed by atoms with Gasteiger partial charge in [0.1, 0.15) is 4.88 Å². The zero-order chi connectivity index (χ0) is 14.8. The maximum atomic E-state index is 12.5. The minimum atomic E-state index is -0.0345. The number of rotatable bonds is 3. The highest BCUT2D eigenvalue weighted by atomic mass is 32.1. The molecule has 20 heavy (non-hydrogen) atoms. The molecule has 1 aromatic heterocycles. The fourth-order valence-corrected chi connectivity index (χ4v) is 3.01. The minimum Gasteiger partial charge on any atom is -0.382 e. The van der Waals surface area contributed by atoms with E-state index in [0.717, 1.165) is 5.01 Å². The molecule has 5 nitrogen and oxygen atoms in total. The van der Waals surface area contributed by atoms with Gasteiger partial charge in [-0.25, -0.2) is 4.98 Å². The monoisotopic (exact) mass is 298 g/mol. The number of thiazole rings is 1. The summed E-state index contributed by atoms with van der Waals surface area (Å²) in [6.07, 6.45) is 1.65. The van der Waals surface area contributed by atoms with E-state index < -0.39 is 0 Å². The van der Waals surface area contributed by atoms with Crippen LogP contribution in [0.1, 0.15) is 35.5 Å². The maximum absolute atomic E-state index is 12.5. The summed E-state index contributed by atoms with van der Waals surface area (Å²) in [6.45, 7) is 8.58. The van der Waals surface area contributed by atoms with Crippen molar-refractivity contribution in [2.24, 2.45) is 0 Å². The zero-order valence-corrected chi connectivity index (χ0v) is 13.3. The first kappa shape index (κ1) is 15.4. The molecule has 2 rings (SSSR count). The van der Waals surface area contributed by atoms with Crippen molar-refractivity contribution in [1.82, 2.24) is 9.88 Å². The summed E-state index contributed by atoms with van der Waals surface area (Å²) in [6, 6.07) is 0. The van der Waals surface area contributed by atoms with E-state index in [-0.39, 0.29) is 17.4 Å².